The summed E-state index contributed by atoms with van der Waals surface area (Å²) < 4.78 is 6.50. The molecule has 0 spiro atoms. The van der Waals surface area contributed by atoms with Gasteiger partial charge in [0.1, 0.15) is 17.4 Å². The van der Waals surface area contributed by atoms with Crippen LogP contribution in [0.15, 0.2) is 90.8 Å². The van der Waals surface area contributed by atoms with Crippen LogP contribution in [0.3, 0.4) is 0 Å². The normalized spacial score (nSPS) is 15.7. The quantitative estimate of drug-likeness (QED) is 0.190. The summed E-state index contributed by atoms with van der Waals surface area (Å²) in [5, 5.41) is 11.9. The number of carbonyl (C=O) groups is 1. The van der Waals surface area contributed by atoms with Gasteiger partial charge < -0.3 is 9.79 Å². The molecule has 1 N–H and O–H groups in total. The van der Waals surface area contributed by atoms with E-state index in [9.17, 15) is 4.79 Å². The second kappa shape index (κ2) is 11.7. The third-order valence-corrected chi connectivity index (χ3v) is 8.29. The van der Waals surface area contributed by atoms with Gasteiger partial charge in [0.25, 0.3) is 5.84 Å². The average molecular weight is 591 g/mol. The van der Waals surface area contributed by atoms with Gasteiger partial charge >= 0.3 is 7.55 Å². The first-order valence-corrected chi connectivity index (χ1v) is 15.1. The average Bonchev–Trinajstić information content (AvgIpc) is 3.84. The summed E-state index contributed by atoms with van der Waals surface area (Å²) in [6, 6.07) is 22.6. The Labute approximate surface area is 256 Å². The standard InChI is InChI=1S/C32H31BClN8O/c1-38(20-23-7-3-2-4-8-23)21-26-22-40(37-36-26)31-16-14-28-32(24-9-11-25(12-10-24)35-29(43)19-34)27-13-15-30(39-17-5-6-18-39)41(27)33-42(28)31/h2-4,7-16,22H,5-6,17-21H2,1H3/p+1. The van der Waals surface area contributed by atoms with E-state index in [-0.39, 0.29) is 11.8 Å². The minimum absolute atomic E-state index is 0.0780. The van der Waals surface area contributed by atoms with E-state index in [1.165, 1.54) is 24.2 Å². The number of nitrogens with one attached hydrogen (secondary N) is 1. The molecule has 0 unspecified atom stereocenters. The van der Waals surface area contributed by atoms with Crippen molar-refractivity contribution in [1.29, 1.82) is 0 Å². The van der Waals surface area contributed by atoms with Crippen LogP contribution in [-0.2, 0) is 17.9 Å². The molecule has 2 aromatic carbocycles. The number of benzene rings is 2. The summed E-state index contributed by atoms with van der Waals surface area (Å²) in [5.41, 5.74) is 7.23. The number of fused-ring (bicyclic) bond motifs is 2. The van der Waals surface area contributed by atoms with Crippen LogP contribution in [0.2, 0.25) is 0 Å². The molecule has 43 heavy (non-hydrogen) atoms. The van der Waals surface area contributed by atoms with Gasteiger partial charge in [-0.25, -0.2) is 4.68 Å². The number of halogens is 1. The first-order valence-electron chi connectivity index (χ1n) is 14.6. The number of hydrogen-bond acceptors (Lipinski definition) is 4. The topological polar surface area (TPSA) is 74.2 Å². The number of allylic oxidation sites excluding steroid dienone is 1. The molecule has 1 fully saturated rings. The minimum Gasteiger partial charge on any atom is -0.329 e. The van der Waals surface area contributed by atoms with Gasteiger partial charge in [-0.05, 0) is 61.4 Å². The fourth-order valence-electron chi connectivity index (χ4n) is 6.08. The lowest BCUT2D eigenvalue weighted by molar-refractivity contribution is -0.508. The molecule has 4 aromatic rings. The minimum atomic E-state index is -0.226. The maximum Gasteiger partial charge on any atom is 0.553 e. The van der Waals surface area contributed by atoms with E-state index in [4.69, 9.17) is 11.6 Å². The van der Waals surface area contributed by atoms with E-state index in [1.54, 1.807) is 0 Å². The second-order valence-corrected chi connectivity index (χ2v) is 11.4. The van der Waals surface area contributed by atoms with Crippen molar-refractivity contribution in [2.45, 2.75) is 25.9 Å². The Morgan fingerprint density at radius 3 is 2.58 bits per heavy atom. The molecule has 0 aliphatic carbocycles. The summed E-state index contributed by atoms with van der Waals surface area (Å²) in [6.07, 6.45) is 8.84. The maximum atomic E-state index is 11.8. The Morgan fingerprint density at radius 1 is 1.02 bits per heavy atom. The molecule has 3 aliphatic heterocycles. The summed E-state index contributed by atoms with van der Waals surface area (Å²) in [7, 11) is 4.26. The van der Waals surface area contributed by atoms with Gasteiger partial charge in [-0.1, -0.05) is 47.7 Å². The summed E-state index contributed by atoms with van der Waals surface area (Å²) >= 11 is 5.69. The zero-order valence-electron chi connectivity index (χ0n) is 24.0. The van der Waals surface area contributed by atoms with Crippen LogP contribution in [0, 0.1) is 0 Å². The molecule has 0 atom stereocenters. The van der Waals surface area contributed by atoms with Crippen molar-refractivity contribution < 1.29 is 9.37 Å². The Hall–Kier alpha value is -4.41. The lowest BCUT2D eigenvalue weighted by Crippen LogP contribution is -2.42. The SMILES string of the molecule is CN(Cc1ccccc1)Cc1cn(-c2ccc3n2[B]N2C(=C3c3ccc(NC(=O)CCl)cc3)C=CC2=[N+]2CCCC2)nn1. The predicted octanol–water partition coefficient (Wildman–Crippen LogP) is 4.11. The van der Waals surface area contributed by atoms with Crippen molar-refractivity contribution in [3.63, 3.8) is 0 Å². The van der Waals surface area contributed by atoms with Gasteiger partial charge in [0, 0.05) is 36.1 Å². The van der Waals surface area contributed by atoms with Gasteiger partial charge in [0.05, 0.1) is 25.0 Å². The monoisotopic (exact) mass is 590 g/mol. The molecule has 3 aliphatic rings. The third kappa shape index (κ3) is 5.44. The molecule has 11 heteroatoms. The third-order valence-electron chi connectivity index (χ3n) is 8.05. The molecule has 1 saturated heterocycles. The molecule has 0 bridgehead atoms. The van der Waals surface area contributed by atoms with Gasteiger partial charge in [0.15, 0.2) is 0 Å². The molecule has 215 valence electrons. The lowest BCUT2D eigenvalue weighted by Gasteiger charge is -2.26. The molecular weight excluding hydrogens is 559 g/mol. The molecule has 2 aromatic heterocycles. The van der Waals surface area contributed by atoms with Crippen LogP contribution in [0.4, 0.5) is 5.69 Å². The highest BCUT2D eigenvalue weighted by atomic mass is 35.5. The van der Waals surface area contributed by atoms with Crippen molar-refractivity contribution in [2.75, 3.05) is 31.3 Å². The van der Waals surface area contributed by atoms with E-state index in [2.05, 4.69) is 97.5 Å². The molecular formula is C32H32BClN8O+. The fraction of sp³-hybridized carbons (Fsp3) is 0.250. The van der Waals surface area contributed by atoms with Crippen molar-refractivity contribution in [3.05, 3.63) is 113 Å². The summed E-state index contributed by atoms with van der Waals surface area (Å²) in [6.45, 7) is 3.63. The van der Waals surface area contributed by atoms with Crippen molar-refractivity contribution in [3.8, 4) is 5.82 Å². The molecule has 9 nitrogen and oxygen atoms in total. The smallest absolute Gasteiger partial charge is 0.329 e. The number of alkyl halides is 1. The van der Waals surface area contributed by atoms with Crippen LogP contribution in [0.5, 0.6) is 0 Å². The number of hydrogen-bond donors (Lipinski definition) is 1. The zero-order valence-corrected chi connectivity index (χ0v) is 24.8. The molecule has 5 heterocycles. The molecule has 7 rings (SSSR count). The number of nitrogens with zero attached hydrogens (tertiary/aromatic N) is 7. The van der Waals surface area contributed by atoms with Gasteiger partial charge in [-0.15, -0.1) is 16.7 Å². The van der Waals surface area contributed by atoms with Crippen molar-refractivity contribution in [1.82, 2.24) is 29.2 Å². The van der Waals surface area contributed by atoms with Crippen molar-refractivity contribution >= 4 is 42.2 Å². The summed E-state index contributed by atoms with van der Waals surface area (Å²) in [5.74, 6) is 1.79. The molecule has 1 radical (unpaired) electrons. The largest absolute Gasteiger partial charge is 0.553 e. The highest BCUT2D eigenvalue weighted by molar-refractivity contribution is 6.40. The van der Waals surface area contributed by atoms with Crippen LogP contribution in [0.25, 0.3) is 11.4 Å². The second-order valence-electron chi connectivity index (χ2n) is 11.1. The highest BCUT2D eigenvalue weighted by Crippen LogP contribution is 2.37. The Balaban J connectivity index is 1.22. The van der Waals surface area contributed by atoms with Gasteiger partial charge in [-0.3, -0.25) is 19.1 Å². The zero-order chi connectivity index (χ0) is 29.3. The fourth-order valence-corrected chi connectivity index (χ4v) is 6.15. The Kier molecular flexibility index (Phi) is 7.46. The number of aromatic nitrogens is 4. The number of rotatable bonds is 8. The van der Waals surface area contributed by atoms with Crippen LogP contribution in [0.1, 0.15) is 35.4 Å². The number of carbonyl (C=O) groups excluding carboxylic acids is 1. The van der Waals surface area contributed by atoms with E-state index in [0.29, 0.717) is 12.2 Å². The number of amidine groups is 1. The van der Waals surface area contributed by atoms with E-state index >= 15 is 0 Å². The van der Waals surface area contributed by atoms with E-state index in [0.717, 1.165) is 53.7 Å². The van der Waals surface area contributed by atoms with E-state index < -0.39 is 0 Å². The van der Waals surface area contributed by atoms with Crippen LogP contribution < -0.4 is 5.32 Å². The van der Waals surface area contributed by atoms with Crippen LogP contribution >= 0.6 is 11.6 Å². The van der Waals surface area contributed by atoms with Gasteiger partial charge in [-0.2, -0.15) is 0 Å². The number of anilines is 1. The van der Waals surface area contributed by atoms with Crippen LogP contribution in [-0.4, -0.2) is 79.1 Å². The predicted molar refractivity (Wildman–Crippen MR) is 169 cm³/mol. The van der Waals surface area contributed by atoms with E-state index in [1.807, 2.05) is 41.2 Å². The van der Waals surface area contributed by atoms with Gasteiger partial charge in [0.2, 0.25) is 5.91 Å². The Morgan fingerprint density at radius 2 is 1.81 bits per heavy atom. The first kappa shape index (κ1) is 27.4. The number of amides is 1. The molecule has 1 amide bonds. The molecule has 0 saturated carbocycles. The Bertz CT molecular complexity index is 1750. The highest BCUT2D eigenvalue weighted by Gasteiger charge is 2.40. The first-order chi connectivity index (χ1) is 21.1. The summed E-state index contributed by atoms with van der Waals surface area (Å²) in [4.78, 5) is 16.3. The van der Waals surface area contributed by atoms with Crippen molar-refractivity contribution in [2.24, 2.45) is 0 Å². The lowest BCUT2D eigenvalue weighted by atomic mass is 9.91. The maximum absolute atomic E-state index is 11.8.